The predicted octanol–water partition coefficient (Wildman–Crippen LogP) is 4.32. The molecule has 0 spiro atoms. The van der Waals surface area contributed by atoms with Gasteiger partial charge in [0.05, 0.1) is 0 Å². The van der Waals surface area contributed by atoms with Crippen molar-refractivity contribution < 1.29 is 4.79 Å². The van der Waals surface area contributed by atoms with Gasteiger partial charge in [-0.05, 0) is 43.5 Å². The highest BCUT2D eigenvalue weighted by atomic mass is 35.5. The van der Waals surface area contributed by atoms with E-state index in [4.69, 9.17) is 11.6 Å². The normalized spacial score (nSPS) is 10.5. The van der Waals surface area contributed by atoms with Crippen LogP contribution < -0.4 is 10.2 Å². The Morgan fingerprint density at radius 2 is 1.92 bits per heavy atom. The minimum atomic E-state index is -0.272. The number of aromatic nitrogens is 2. The van der Waals surface area contributed by atoms with Crippen molar-refractivity contribution in [1.82, 2.24) is 9.97 Å². The van der Waals surface area contributed by atoms with Crippen LogP contribution in [0.2, 0.25) is 5.02 Å². The number of anilines is 2. The SMILES string of the molecule is CCCN(CCC)c1nccc(C(=O)Nc2ccc(C)c(Cl)c2)n1. The number of nitrogens with one attached hydrogen (secondary N) is 1. The van der Waals surface area contributed by atoms with Crippen LogP contribution in [0.1, 0.15) is 42.7 Å². The first kappa shape index (κ1) is 18.2. The lowest BCUT2D eigenvalue weighted by molar-refractivity contribution is 0.102. The van der Waals surface area contributed by atoms with E-state index in [1.165, 1.54) is 0 Å². The van der Waals surface area contributed by atoms with Gasteiger partial charge in [-0.1, -0.05) is 31.5 Å². The molecule has 1 amide bonds. The lowest BCUT2D eigenvalue weighted by atomic mass is 10.2. The number of halogens is 1. The third kappa shape index (κ3) is 4.68. The molecule has 1 heterocycles. The third-order valence-electron chi connectivity index (χ3n) is 3.58. The van der Waals surface area contributed by atoms with Crippen LogP contribution in [0.15, 0.2) is 30.5 Å². The molecule has 0 saturated carbocycles. The second kappa shape index (κ2) is 8.64. The summed E-state index contributed by atoms with van der Waals surface area (Å²) >= 11 is 6.10. The number of rotatable bonds is 7. The quantitative estimate of drug-likeness (QED) is 0.811. The summed E-state index contributed by atoms with van der Waals surface area (Å²) in [7, 11) is 0. The molecule has 0 radical (unpaired) electrons. The summed E-state index contributed by atoms with van der Waals surface area (Å²) in [5, 5.41) is 3.44. The first-order valence-electron chi connectivity index (χ1n) is 8.20. The predicted molar refractivity (Wildman–Crippen MR) is 99.0 cm³/mol. The maximum absolute atomic E-state index is 12.4. The van der Waals surface area contributed by atoms with E-state index in [1.807, 2.05) is 19.1 Å². The van der Waals surface area contributed by atoms with Gasteiger partial charge in [0, 0.05) is 30.0 Å². The van der Waals surface area contributed by atoms with E-state index in [2.05, 4.69) is 34.0 Å². The number of nitrogens with zero attached hydrogens (tertiary/aromatic N) is 3. The second-order valence-electron chi connectivity index (χ2n) is 5.65. The third-order valence-corrected chi connectivity index (χ3v) is 3.98. The molecule has 0 atom stereocenters. The summed E-state index contributed by atoms with van der Waals surface area (Å²) in [5.74, 6) is 0.319. The highest BCUT2D eigenvalue weighted by Crippen LogP contribution is 2.20. The Morgan fingerprint density at radius 3 is 2.54 bits per heavy atom. The molecule has 0 bridgehead atoms. The molecule has 0 unspecified atom stereocenters. The Morgan fingerprint density at radius 1 is 1.21 bits per heavy atom. The molecule has 128 valence electrons. The molecule has 0 aliphatic carbocycles. The first-order valence-corrected chi connectivity index (χ1v) is 8.58. The monoisotopic (exact) mass is 346 g/mol. The first-order chi connectivity index (χ1) is 11.5. The Labute approximate surface area is 148 Å². The number of benzene rings is 1. The number of hydrogen-bond donors (Lipinski definition) is 1. The van der Waals surface area contributed by atoms with Crippen molar-refractivity contribution in [2.75, 3.05) is 23.3 Å². The summed E-state index contributed by atoms with van der Waals surface area (Å²) in [5.41, 5.74) is 1.96. The zero-order chi connectivity index (χ0) is 17.5. The average Bonchev–Trinajstić information content (AvgIpc) is 2.58. The van der Waals surface area contributed by atoms with E-state index in [9.17, 15) is 4.79 Å². The van der Waals surface area contributed by atoms with Crippen molar-refractivity contribution >= 4 is 29.1 Å². The van der Waals surface area contributed by atoms with Crippen LogP contribution in [0, 0.1) is 6.92 Å². The van der Waals surface area contributed by atoms with Crippen LogP contribution in [0.5, 0.6) is 0 Å². The zero-order valence-corrected chi connectivity index (χ0v) is 15.1. The smallest absolute Gasteiger partial charge is 0.274 e. The Kier molecular flexibility index (Phi) is 6.55. The summed E-state index contributed by atoms with van der Waals surface area (Å²) in [4.78, 5) is 23.3. The van der Waals surface area contributed by atoms with Crippen molar-refractivity contribution in [3.05, 3.63) is 46.7 Å². The molecule has 1 aromatic carbocycles. The zero-order valence-electron chi connectivity index (χ0n) is 14.3. The highest BCUT2D eigenvalue weighted by Gasteiger charge is 2.13. The van der Waals surface area contributed by atoms with E-state index in [0.717, 1.165) is 31.5 Å². The number of hydrogen-bond acceptors (Lipinski definition) is 4. The lowest BCUT2D eigenvalue weighted by Crippen LogP contribution is -2.27. The van der Waals surface area contributed by atoms with Crippen molar-refractivity contribution in [2.45, 2.75) is 33.6 Å². The van der Waals surface area contributed by atoms with E-state index in [1.54, 1.807) is 18.3 Å². The van der Waals surface area contributed by atoms with E-state index < -0.39 is 0 Å². The van der Waals surface area contributed by atoms with E-state index >= 15 is 0 Å². The van der Waals surface area contributed by atoms with Gasteiger partial charge in [0.15, 0.2) is 0 Å². The average molecular weight is 347 g/mol. The van der Waals surface area contributed by atoms with Gasteiger partial charge in [-0.2, -0.15) is 0 Å². The molecule has 1 aromatic heterocycles. The van der Waals surface area contributed by atoms with Gasteiger partial charge < -0.3 is 10.2 Å². The van der Waals surface area contributed by atoms with Crippen LogP contribution in [0.4, 0.5) is 11.6 Å². The molecular weight excluding hydrogens is 324 g/mol. The minimum Gasteiger partial charge on any atom is -0.341 e. The van der Waals surface area contributed by atoms with Gasteiger partial charge in [0.2, 0.25) is 5.95 Å². The van der Waals surface area contributed by atoms with Crippen LogP contribution in [0.3, 0.4) is 0 Å². The summed E-state index contributed by atoms with van der Waals surface area (Å²) < 4.78 is 0. The largest absolute Gasteiger partial charge is 0.341 e. The van der Waals surface area contributed by atoms with Crippen LogP contribution >= 0.6 is 11.6 Å². The molecule has 2 aromatic rings. The van der Waals surface area contributed by atoms with E-state index in [-0.39, 0.29) is 5.91 Å². The highest BCUT2D eigenvalue weighted by molar-refractivity contribution is 6.31. The van der Waals surface area contributed by atoms with Crippen molar-refractivity contribution in [2.24, 2.45) is 0 Å². The molecular formula is C18H23ClN4O. The van der Waals surface area contributed by atoms with Gasteiger partial charge in [-0.15, -0.1) is 0 Å². The van der Waals surface area contributed by atoms with Crippen LogP contribution in [-0.4, -0.2) is 29.0 Å². The van der Waals surface area contributed by atoms with Gasteiger partial charge in [0.1, 0.15) is 5.69 Å². The van der Waals surface area contributed by atoms with Crippen molar-refractivity contribution in [1.29, 1.82) is 0 Å². The number of amides is 1. The molecule has 0 fully saturated rings. The van der Waals surface area contributed by atoms with Gasteiger partial charge in [-0.3, -0.25) is 4.79 Å². The summed E-state index contributed by atoms with van der Waals surface area (Å²) in [6.07, 6.45) is 3.63. The Hall–Kier alpha value is -2.14. The van der Waals surface area contributed by atoms with Gasteiger partial charge in [-0.25, -0.2) is 9.97 Å². The molecule has 1 N–H and O–H groups in total. The molecule has 0 saturated heterocycles. The second-order valence-corrected chi connectivity index (χ2v) is 6.05. The van der Waals surface area contributed by atoms with Crippen molar-refractivity contribution in [3.63, 3.8) is 0 Å². The topological polar surface area (TPSA) is 58.1 Å². The maximum Gasteiger partial charge on any atom is 0.274 e. The van der Waals surface area contributed by atoms with E-state index in [0.29, 0.717) is 22.4 Å². The minimum absolute atomic E-state index is 0.272. The Balaban J connectivity index is 2.17. The summed E-state index contributed by atoms with van der Waals surface area (Å²) in [6, 6.07) is 7.04. The fourth-order valence-corrected chi connectivity index (χ4v) is 2.53. The van der Waals surface area contributed by atoms with Gasteiger partial charge in [0.25, 0.3) is 5.91 Å². The number of carbonyl (C=O) groups excluding carboxylic acids is 1. The summed E-state index contributed by atoms with van der Waals surface area (Å²) in [6.45, 7) is 7.88. The van der Waals surface area contributed by atoms with Gasteiger partial charge >= 0.3 is 0 Å². The standard InChI is InChI=1S/C18H23ClN4O/c1-4-10-23(11-5-2)18-20-9-8-16(22-18)17(24)21-14-7-6-13(3)15(19)12-14/h6-9,12H,4-5,10-11H2,1-3H3,(H,21,24). The van der Waals surface area contributed by atoms with Crippen molar-refractivity contribution in [3.8, 4) is 0 Å². The van der Waals surface area contributed by atoms with Crippen LogP contribution in [-0.2, 0) is 0 Å². The fraction of sp³-hybridized carbons (Fsp3) is 0.389. The fourth-order valence-electron chi connectivity index (χ4n) is 2.34. The lowest BCUT2D eigenvalue weighted by Gasteiger charge is -2.21. The maximum atomic E-state index is 12.4. The molecule has 0 aliphatic rings. The Bertz CT molecular complexity index is 699. The number of aryl methyl sites for hydroxylation is 1. The van der Waals surface area contributed by atoms with Crippen LogP contribution in [0.25, 0.3) is 0 Å². The molecule has 2 rings (SSSR count). The molecule has 5 nitrogen and oxygen atoms in total. The number of carbonyl (C=O) groups is 1. The molecule has 6 heteroatoms. The molecule has 24 heavy (non-hydrogen) atoms. The molecule has 0 aliphatic heterocycles.